The van der Waals surface area contributed by atoms with Gasteiger partial charge < -0.3 is 4.90 Å². The largest absolute Gasteiger partial charge is 0.333 e. The van der Waals surface area contributed by atoms with Crippen LogP contribution in [0.15, 0.2) is 36.4 Å². The first-order chi connectivity index (χ1) is 10.6. The lowest BCUT2D eigenvalue weighted by molar-refractivity contribution is 0.0547. The second-order valence-electron chi connectivity index (χ2n) is 5.61. The maximum absolute atomic E-state index is 13.2. The number of amides is 1. The number of benzene rings is 1. The highest BCUT2D eigenvalue weighted by Crippen LogP contribution is 2.23. The third-order valence-electron chi connectivity index (χ3n) is 4.18. The van der Waals surface area contributed by atoms with Crippen LogP contribution < -0.4 is 0 Å². The smallest absolute Gasteiger partial charge is 0.319 e. The molecule has 0 saturated carbocycles. The molecule has 3 nitrogen and oxygen atoms in total. The second-order valence-corrected chi connectivity index (χ2v) is 5.61. The zero-order valence-corrected chi connectivity index (χ0v) is 12.4. The van der Waals surface area contributed by atoms with Crippen molar-refractivity contribution in [3.05, 3.63) is 58.9 Å². The number of halogens is 2. The van der Waals surface area contributed by atoms with Crippen molar-refractivity contribution < 1.29 is 13.6 Å². The minimum atomic E-state index is -2.70. The number of nitrogens with zero attached hydrogens (tertiary/aromatic N) is 2. The minimum absolute atomic E-state index is 0.0619. The number of aromatic nitrogens is 1. The molecule has 116 valence electrons. The van der Waals surface area contributed by atoms with Crippen LogP contribution in [0.2, 0.25) is 0 Å². The number of carbonyl (C=O) groups excluding carboxylic acids is 1. The molecule has 2 aromatic rings. The van der Waals surface area contributed by atoms with Gasteiger partial charge in [0, 0.05) is 18.8 Å². The molecule has 0 fully saturated rings. The Labute approximate surface area is 128 Å². The molecule has 2 heterocycles. The van der Waals surface area contributed by atoms with Crippen LogP contribution in [0.25, 0.3) is 0 Å². The summed E-state index contributed by atoms with van der Waals surface area (Å²) in [5, 5.41) is 0. The molecule has 0 spiro atoms. The third kappa shape index (κ3) is 2.63. The Morgan fingerprint density at radius 2 is 1.86 bits per heavy atom. The Morgan fingerprint density at radius 3 is 2.59 bits per heavy atom. The summed E-state index contributed by atoms with van der Waals surface area (Å²) in [4.78, 5) is 14.3. The molecule has 0 unspecified atom stereocenters. The van der Waals surface area contributed by atoms with E-state index >= 15 is 0 Å². The van der Waals surface area contributed by atoms with Crippen molar-refractivity contribution in [3.8, 4) is 0 Å². The molecule has 1 aliphatic heterocycles. The molecule has 1 aromatic heterocycles. The van der Waals surface area contributed by atoms with Crippen molar-refractivity contribution in [2.75, 3.05) is 6.54 Å². The first-order valence-corrected chi connectivity index (χ1v) is 7.40. The normalized spacial score (nSPS) is 14.8. The van der Waals surface area contributed by atoms with Gasteiger partial charge in [-0.05, 0) is 43.0 Å². The van der Waals surface area contributed by atoms with Gasteiger partial charge in [0.05, 0.1) is 0 Å². The van der Waals surface area contributed by atoms with E-state index in [4.69, 9.17) is 0 Å². The average molecular weight is 304 g/mol. The van der Waals surface area contributed by atoms with Gasteiger partial charge in [-0.2, -0.15) is 8.78 Å². The molecule has 5 heteroatoms. The zero-order chi connectivity index (χ0) is 15.7. The Morgan fingerprint density at radius 1 is 1.14 bits per heavy atom. The van der Waals surface area contributed by atoms with E-state index in [0.717, 1.165) is 23.0 Å². The van der Waals surface area contributed by atoms with Crippen molar-refractivity contribution in [2.24, 2.45) is 0 Å². The van der Waals surface area contributed by atoms with Gasteiger partial charge in [-0.3, -0.25) is 9.36 Å². The lowest BCUT2D eigenvalue weighted by Gasteiger charge is -2.22. The summed E-state index contributed by atoms with van der Waals surface area (Å²) >= 11 is 0. The molecular weight excluding hydrogens is 286 g/mol. The molecule has 0 atom stereocenters. The first-order valence-electron chi connectivity index (χ1n) is 7.40. The summed E-state index contributed by atoms with van der Waals surface area (Å²) in [5.74, 6) is -0.329. The van der Waals surface area contributed by atoms with Crippen LogP contribution in [0.4, 0.5) is 8.78 Å². The number of rotatable bonds is 2. The van der Waals surface area contributed by atoms with Crippen molar-refractivity contribution in [2.45, 2.75) is 32.9 Å². The summed E-state index contributed by atoms with van der Waals surface area (Å²) < 4.78 is 27.1. The monoisotopic (exact) mass is 304 g/mol. The number of hydrogen-bond donors (Lipinski definition) is 0. The average Bonchev–Trinajstić information content (AvgIpc) is 2.76. The fourth-order valence-electron chi connectivity index (χ4n) is 3.02. The number of aryl methyl sites for hydroxylation is 2. The maximum atomic E-state index is 13.2. The van der Waals surface area contributed by atoms with E-state index in [0.29, 0.717) is 18.8 Å². The SMILES string of the molecule is Cc1ccc(C(=O)N2CCCc3ccccc3C2)n1C(F)F. The highest BCUT2D eigenvalue weighted by Gasteiger charge is 2.25. The topological polar surface area (TPSA) is 25.2 Å². The van der Waals surface area contributed by atoms with Crippen molar-refractivity contribution in [1.29, 1.82) is 0 Å². The second kappa shape index (κ2) is 5.91. The quantitative estimate of drug-likeness (QED) is 0.829. The Kier molecular flexibility index (Phi) is 3.96. The maximum Gasteiger partial charge on any atom is 0.319 e. The molecule has 22 heavy (non-hydrogen) atoms. The molecular formula is C17H18F2N2O. The van der Waals surface area contributed by atoms with Crippen LogP contribution in [0.5, 0.6) is 0 Å². The summed E-state index contributed by atoms with van der Waals surface area (Å²) in [7, 11) is 0. The lowest BCUT2D eigenvalue weighted by atomic mass is 10.0. The van der Waals surface area contributed by atoms with E-state index in [1.54, 1.807) is 17.9 Å². The van der Waals surface area contributed by atoms with E-state index in [1.807, 2.05) is 18.2 Å². The van der Waals surface area contributed by atoms with E-state index in [-0.39, 0.29) is 11.6 Å². The molecule has 0 saturated heterocycles. The molecule has 1 aliphatic rings. The molecule has 0 aliphatic carbocycles. The number of fused-ring (bicyclic) bond motifs is 1. The van der Waals surface area contributed by atoms with Crippen molar-refractivity contribution in [3.63, 3.8) is 0 Å². The molecule has 1 amide bonds. The van der Waals surface area contributed by atoms with Gasteiger partial charge in [0.1, 0.15) is 5.69 Å². The molecule has 1 aromatic carbocycles. The molecule has 0 N–H and O–H groups in total. The molecule has 3 rings (SSSR count). The van der Waals surface area contributed by atoms with Gasteiger partial charge in [0.15, 0.2) is 0 Å². The van der Waals surface area contributed by atoms with Crippen LogP contribution >= 0.6 is 0 Å². The van der Waals surface area contributed by atoms with Crippen molar-refractivity contribution in [1.82, 2.24) is 9.47 Å². The van der Waals surface area contributed by atoms with Gasteiger partial charge in [0.25, 0.3) is 5.91 Å². The summed E-state index contributed by atoms with van der Waals surface area (Å²) in [6, 6.07) is 11.0. The van der Waals surface area contributed by atoms with E-state index < -0.39 is 6.55 Å². The fourth-order valence-corrected chi connectivity index (χ4v) is 3.02. The van der Waals surface area contributed by atoms with Gasteiger partial charge in [-0.25, -0.2) is 0 Å². The van der Waals surface area contributed by atoms with Gasteiger partial charge in [-0.1, -0.05) is 24.3 Å². The first kappa shape index (κ1) is 14.8. The van der Waals surface area contributed by atoms with Gasteiger partial charge in [-0.15, -0.1) is 0 Å². The van der Waals surface area contributed by atoms with Gasteiger partial charge in [0.2, 0.25) is 0 Å². The van der Waals surface area contributed by atoms with Crippen LogP contribution in [0.1, 0.15) is 40.3 Å². The van der Waals surface area contributed by atoms with Crippen LogP contribution in [-0.4, -0.2) is 21.9 Å². The Hall–Kier alpha value is -2.17. The number of alkyl halides is 2. The summed E-state index contributed by atoms with van der Waals surface area (Å²) in [6.07, 6.45) is 1.76. The van der Waals surface area contributed by atoms with E-state index in [2.05, 4.69) is 6.07 Å². The minimum Gasteiger partial charge on any atom is -0.333 e. The lowest BCUT2D eigenvalue weighted by Crippen LogP contribution is -2.32. The summed E-state index contributed by atoms with van der Waals surface area (Å²) in [5.41, 5.74) is 2.79. The van der Waals surface area contributed by atoms with Gasteiger partial charge >= 0.3 is 6.55 Å². The third-order valence-corrected chi connectivity index (χ3v) is 4.18. The Balaban J connectivity index is 1.90. The number of hydrogen-bond acceptors (Lipinski definition) is 1. The summed E-state index contributed by atoms with van der Waals surface area (Å²) in [6.45, 7) is -0.0578. The predicted octanol–water partition coefficient (Wildman–Crippen LogP) is 3.78. The predicted molar refractivity (Wildman–Crippen MR) is 79.9 cm³/mol. The van der Waals surface area contributed by atoms with E-state index in [9.17, 15) is 13.6 Å². The highest BCUT2D eigenvalue weighted by molar-refractivity contribution is 5.93. The molecule has 0 radical (unpaired) electrons. The van der Waals surface area contributed by atoms with Crippen LogP contribution in [0.3, 0.4) is 0 Å². The fraction of sp³-hybridized carbons (Fsp3) is 0.353. The molecule has 0 bridgehead atoms. The zero-order valence-electron chi connectivity index (χ0n) is 12.4. The van der Waals surface area contributed by atoms with E-state index in [1.165, 1.54) is 11.6 Å². The number of carbonyl (C=O) groups is 1. The van der Waals surface area contributed by atoms with Crippen molar-refractivity contribution >= 4 is 5.91 Å². The standard InChI is InChI=1S/C17H18F2N2O/c1-12-8-9-15(21(12)17(18)19)16(22)20-10-4-7-13-5-2-3-6-14(13)11-20/h2-3,5-6,8-9,17H,4,7,10-11H2,1H3. The van der Waals surface area contributed by atoms with Crippen LogP contribution in [-0.2, 0) is 13.0 Å². The highest BCUT2D eigenvalue weighted by atomic mass is 19.3. The van der Waals surface area contributed by atoms with Crippen LogP contribution in [0, 0.1) is 6.92 Å². The Bertz CT molecular complexity index is 694.